The molecular formula is C17H18FN3O. The molecule has 3 heterocycles. The molecule has 2 aliphatic heterocycles. The number of hydrogen-bond donors (Lipinski definition) is 0. The average Bonchev–Trinajstić information content (AvgIpc) is 2.97. The van der Waals surface area contributed by atoms with Gasteiger partial charge in [0.1, 0.15) is 5.82 Å². The molecule has 1 aromatic heterocycles. The maximum atomic E-state index is 13.4. The van der Waals surface area contributed by atoms with E-state index in [-0.39, 0.29) is 11.7 Å². The van der Waals surface area contributed by atoms with Crippen LogP contribution in [0.25, 0.3) is 0 Å². The summed E-state index contributed by atoms with van der Waals surface area (Å²) in [5, 5.41) is 4.35. The molecule has 4 nitrogen and oxygen atoms in total. The molecule has 114 valence electrons. The minimum Gasteiger partial charge on any atom is -0.308 e. The Kier molecular flexibility index (Phi) is 3.21. The second kappa shape index (κ2) is 5.23. The molecule has 0 aliphatic carbocycles. The van der Waals surface area contributed by atoms with Gasteiger partial charge in [0.05, 0.1) is 17.5 Å². The van der Waals surface area contributed by atoms with E-state index in [1.165, 1.54) is 6.07 Å². The maximum Gasteiger partial charge on any atom is 0.261 e. The normalized spacial score (nSPS) is 17.0. The highest BCUT2D eigenvalue weighted by molar-refractivity contribution is 6.07. The number of anilines is 1. The fourth-order valence-corrected chi connectivity index (χ4v) is 3.52. The first-order valence-corrected chi connectivity index (χ1v) is 7.89. The van der Waals surface area contributed by atoms with Gasteiger partial charge in [0.25, 0.3) is 5.91 Å². The van der Waals surface area contributed by atoms with Gasteiger partial charge in [0, 0.05) is 18.8 Å². The molecule has 0 saturated carbocycles. The summed E-state index contributed by atoms with van der Waals surface area (Å²) in [5.41, 5.74) is 3.51. The minimum absolute atomic E-state index is 0.00397. The van der Waals surface area contributed by atoms with E-state index in [0.29, 0.717) is 12.1 Å². The van der Waals surface area contributed by atoms with Crippen LogP contribution in [0.4, 0.5) is 10.1 Å². The van der Waals surface area contributed by atoms with Crippen molar-refractivity contribution in [3.8, 4) is 0 Å². The number of aromatic nitrogens is 2. The zero-order chi connectivity index (χ0) is 15.1. The lowest BCUT2D eigenvalue weighted by molar-refractivity contribution is 0.0983. The number of hydrogen-bond acceptors (Lipinski definition) is 2. The topological polar surface area (TPSA) is 38.1 Å². The van der Waals surface area contributed by atoms with Gasteiger partial charge in [-0.15, -0.1) is 0 Å². The average molecular weight is 299 g/mol. The van der Waals surface area contributed by atoms with Crippen LogP contribution in [0.1, 0.15) is 40.9 Å². The molecule has 0 atom stereocenters. The van der Waals surface area contributed by atoms with Gasteiger partial charge >= 0.3 is 0 Å². The highest BCUT2D eigenvalue weighted by atomic mass is 19.1. The van der Waals surface area contributed by atoms with Crippen LogP contribution in [0.2, 0.25) is 0 Å². The molecule has 0 N–H and O–H groups in total. The molecule has 2 aliphatic rings. The minimum atomic E-state index is -0.240. The van der Waals surface area contributed by atoms with Crippen LogP contribution >= 0.6 is 0 Å². The first kappa shape index (κ1) is 13.5. The Bertz CT molecular complexity index is 738. The molecule has 2 aromatic rings. The molecule has 0 saturated heterocycles. The summed E-state index contributed by atoms with van der Waals surface area (Å²) in [6.07, 6.45) is 6.52. The Hall–Kier alpha value is -2.17. The lowest BCUT2D eigenvalue weighted by Gasteiger charge is -2.29. The smallest absolute Gasteiger partial charge is 0.261 e. The number of amides is 1. The van der Waals surface area contributed by atoms with Crippen molar-refractivity contribution in [2.45, 2.75) is 38.6 Å². The number of fused-ring (bicyclic) bond motifs is 2. The van der Waals surface area contributed by atoms with Crippen molar-refractivity contribution in [1.82, 2.24) is 9.78 Å². The molecular weight excluding hydrogens is 281 g/mol. The molecule has 22 heavy (non-hydrogen) atoms. The van der Waals surface area contributed by atoms with Crippen molar-refractivity contribution < 1.29 is 9.18 Å². The van der Waals surface area contributed by atoms with Crippen molar-refractivity contribution in [2.24, 2.45) is 0 Å². The summed E-state index contributed by atoms with van der Waals surface area (Å²) in [5.74, 6) is -0.244. The number of rotatable bonds is 1. The van der Waals surface area contributed by atoms with Gasteiger partial charge in [-0.2, -0.15) is 5.10 Å². The van der Waals surface area contributed by atoms with Crippen molar-refractivity contribution >= 4 is 11.6 Å². The van der Waals surface area contributed by atoms with Gasteiger partial charge < -0.3 is 4.90 Å². The number of halogens is 1. The number of carbonyl (C=O) groups excluding carboxylic acids is 1. The third kappa shape index (κ3) is 2.12. The Morgan fingerprint density at radius 1 is 1.14 bits per heavy atom. The summed E-state index contributed by atoms with van der Waals surface area (Å²) in [4.78, 5) is 14.7. The van der Waals surface area contributed by atoms with E-state index in [0.717, 1.165) is 55.6 Å². The van der Waals surface area contributed by atoms with Crippen LogP contribution in [-0.2, 0) is 19.4 Å². The summed E-state index contributed by atoms with van der Waals surface area (Å²) in [6, 6.07) is 4.69. The van der Waals surface area contributed by atoms with Crippen LogP contribution in [0.15, 0.2) is 24.4 Å². The SMILES string of the molecule is O=C(c1cnn2c1CCCC2)N1CCCc2cc(F)ccc21. The van der Waals surface area contributed by atoms with Gasteiger partial charge in [-0.25, -0.2) is 4.39 Å². The Labute approximate surface area is 128 Å². The van der Waals surface area contributed by atoms with Crippen molar-refractivity contribution in [2.75, 3.05) is 11.4 Å². The van der Waals surface area contributed by atoms with Crippen LogP contribution in [0.3, 0.4) is 0 Å². The fourth-order valence-electron chi connectivity index (χ4n) is 3.52. The standard InChI is InChI=1S/C17H18FN3O/c18-13-6-7-15-12(10-13)4-3-8-20(15)17(22)14-11-19-21-9-2-1-5-16(14)21/h6-7,10-11H,1-5,8-9H2. The summed E-state index contributed by atoms with van der Waals surface area (Å²) >= 11 is 0. The number of benzene rings is 1. The van der Waals surface area contributed by atoms with Crippen LogP contribution in [0.5, 0.6) is 0 Å². The van der Waals surface area contributed by atoms with Gasteiger partial charge in [0.15, 0.2) is 0 Å². The molecule has 5 heteroatoms. The van der Waals surface area contributed by atoms with Crippen LogP contribution in [-0.4, -0.2) is 22.2 Å². The number of nitrogens with zero attached hydrogens (tertiary/aromatic N) is 3. The molecule has 0 fully saturated rings. The zero-order valence-corrected chi connectivity index (χ0v) is 12.4. The Morgan fingerprint density at radius 3 is 2.95 bits per heavy atom. The van der Waals surface area contributed by atoms with Crippen LogP contribution in [0, 0.1) is 5.82 Å². The number of aryl methyl sites for hydroxylation is 2. The summed E-state index contributed by atoms with van der Waals surface area (Å²) < 4.78 is 15.4. The molecule has 1 aromatic carbocycles. The van der Waals surface area contributed by atoms with Crippen molar-refractivity contribution in [3.05, 3.63) is 47.0 Å². The van der Waals surface area contributed by atoms with E-state index in [2.05, 4.69) is 5.10 Å². The van der Waals surface area contributed by atoms with Gasteiger partial charge in [-0.05, 0) is 55.9 Å². The molecule has 4 rings (SSSR count). The van der Waals surface area contributed by atoms with E-state index < -0.39 is 0 Å². The third-order valence-electron chi connectivity index (χ3n) is 4.62. The molecule has 0 spiro atoms. The van der Waals surface area contributed by atoms with Crippen LogP contribution < -0.4 is 4.90 Å². The fraction of sp³-hybridized carbons (Fsp3) is 0.412. The third-order valence-corrected chi connectivity index (χ3v) is 4.62. The van der Waals surface area contributed by atoms with Gasteiger partial charge in [0.2, 0.25) is 0 Å². The van der Waals surface area contributed by atoms with Crippen molar-refractivity contribution in [1.29, 1.82) is 0 Å². The predicted octanol–water partition coefficient (Wildman–Crippen LogP) is 2.95. The Balaban J connectivity index is 1.71. The second-order valence-electron chi connectivity index (χ2n) is 6.02. The van der Waals surface area contributed by atoms with Gasteiger partial charge in [-0.3, -0.25) is 9.48 Å². The highest BCUT2D eigenvalue weighted by Gasteiger charge is 2.28. The lowest BCUT2D eigenvalue weighted by Crippen LogP contribution is -2.36. The van der Waals surface area contributed by atoms with E-state index in [9.17, 15) is 9.18 Å². The van der Waals surface area contributed by atoms with Crippen molar-refractivity contribution in [3.63, 3.8) is 0 Å². The second-order valence-corrected chi connectivity index (χ2v) is 6.02. The highest BCUT2D eigenvalue weighted by Crippen LogP contribution is 2.30. The first-order chi connectivity index (χ1) is 10.7. The quantitative estimate of drug-likeness (QED) is 0.812. The molecule has 0 unspecified atom stereocenters. The lowest BCUT2D eigenvalue weighted by atomic mass is 10.00. The van der Waals surface area contributed by atoms with Gasteiger partial charge in [-0.1, -0.05) is 0 Å². The van der Waals surface area contributed by atoms with E-state index in [1.807, 2.05) is 4.68 Å². The van der Waals surface area contributed by atoms with E-state index in [4.69, 9.17) is 0 Å². The summed E-state index contributed by atoms with van der Waals surface area (Å²) in [7, 11) is 0. The predicted molar refractivity (Wildman–Crippen MR) is 81.6 cm³/mol. The summed E-state index contributed by atoms with van der Waals surface area (Å²) in [6.45, 7) is 1.58. The Morgan fingerprint density at radius 2 is 2.05 bits per heavy atom. The number of carbonyl (C=O) groups is 1. The van der Waals surface area contributed by atoms with E-state index in [1.54, 1.807) is 23.2 Å². The largest absolute Gasteiger partial charge is 0.308 e. The molecule has 0 bridgehead atoms. The molecule has 1 amide bonds. The monoisotopic (exact) mass is 299 g/mol. The molecule has 0 radical (unpaired) electrons. The van der Waals surface area contributed by atoms with E-state index >= 15 is 0 Å². The zero-order valence-electron chi connectivity index (χ0n) is 12.4. The maximum absolute atomic E-state index is 13.4. The first-order valence-electron chi connectivity index (χ1n) is 7.89.